The lowest BCUT2D eigenvalue weighted by molar-refractivity contribution is 0.0902. The highest BCUT2D eigenvalue weighted by Crippen LogP contribution is 2.34. The summed E-state index contributed by atoms with van der Waals surface area (Å²) < 4.78 is 30.1. The predicted octanol–water partition coefficient (Wildman–Crippen LogP) is 3.37. The highest BCUT2D eigenvalue weighted by molar-refractivity contribution is 6.02. The average Bonchev–Trinajstić information content (AvgIpc) is 3.35. The van der Waals surface area contributed by atoms with Crippen LogP contribution in [0.4, 0.5) is 4.39 Å². The lowest BCUT2D eigenvalue weighted by Gasteiger charge is -2.12. The van der Waals surface area contributed by atoms with E-state index in [0.717, 1.165) is 0 Å². The summed E-state index contributed by atoms with van der Waals surface area (Å²) >= 11 is 0. The van der Waals surface area contributed by atoms with E-state index in [0.29, 0.717) is 39.4 Å². The van der Waals surface area contributed by atoms with Gasteiger partial charge in [-0.15, -0.1) is 0 Å². The molecule has 4 aromatic rings. The van der Waals surface area contributed by atoms with Crippen molar-refractivity contribution in [2.75, 3.05) is 34.0 Å². The van der Waals surface area contributed by atoms with Gasteiger partial charge in [0.2, 0.25) is 0 Å². The van der Waals surface area contributed by atoms with Crippen LogP contribution in [0.3, 0.4) is 0 Å². The molecule has 0 spiro atoms. The molecule has 0 unspecified atom stereocenters. The minimum atomic E-state index is -0.490. The molecule has 2 aromatic heterocycles. The number of nitrogens with one attached hydrogen (secondary N) is 2. The number of aromatic amines is 1. The third-order valence-corrected chi connectivity index (χ3v) is 5.47. The number of benzene rings is 2. The Hall–Kier alpha value is -4.44. The van der Waals surface area contributed by atoms with E-state index in [1.807, 2.05) is 0 Å². The molecule has 0 aliphatic rings. The maximum atomic E-state index is 14.1. The molecule has 0 saturated carbocycles. The molecular weight excluding hydrogens is 469 g/mol. The SMILES string of the molecule is COc1cc(C(=O)NCC(=O)c2ccc(OC)c(-c3c[nH]c4c(F)cccc34)n2)ccc1OCCO. The molecule has 0 aliphatic carbocycles. The Balaban J connectivity index is 1.52. The first-order valence-electron chi connectivity index (χ1n) is 11.0. The topological polar surface area (TPSA) is 123 Å². The van der Waals surface area contributed by atoms with Crippen LogP contribution in [-0.4, -0.2) is 60.7 Å². The largest absolute Gasteiger partial charge is 0.494 e. The predicted molar refractivity (Wildman–Crippen MR) is 130 cm³/mol. The van der Waals surface area contributed by atoms with Gasteiger partial charge < -0.3 is 29.6 Å². The number of Topliss-reactive ketones (excluding diaryl/α,β-unsaturated/α-hetero) is 1. The fraction of sp³-hybridized carbons (Fsp3) is 0.192. The van der Waals surface area contributed by atoms with E-state index in [4.69, 9.17) is 19.3 Å². The van der Waals surface area contributed by atoms with E-state index in [-0.39, 0.29) is 31.0 Å². The summed E-state index contributed by atoms with van der Waals surface area (Å²) in [5, 5.41) is 12.1. The standard InChI is InChI=1S/C26H24FN3O6/c1-34-22-9-7-19(30-25(22)17-13-28-24-16(17)4-3-5-18(24)27)20(32)14-29-26(33)15-6-8-21(36-11-10-31)23(12-15)35-2/h3-9,12-13,28,31H,10-11,14H2,1-2H3,(H,29,33). The number of H-pyrrole nitrogens is 1. The first-order valence-corrected chi connectivity index (χ1v) is 11.0. The van der Waals surface area contributed by atoms with Crippen molar-refractivity contribution in [1.82, 2.24) is 15.3 Å². The van der Waals surface area contributed by atoms with Crippen LogP contribution in [-0.2, 0) is 0 Å². The van der Waals surface area contributed by atoms with Crippen LogP contribution >= 0.6 is 0 Å². The van der Waals surface area contributed by atoms with Gasteiger partial charge in [0.25, 0.3) is 5.91 Å². The number of para-hydroxylation sites is 1. The van der Waals surface area contributed by atoms with Crippen LogP contribution < -0.4 is 19.5 Å². The number of fused-ring (bicyclic) bond motifs is 1. The zero-order valence-electron chi connectivity index (χ0n) is 19.6. The number of carbonyl (C=O) groups is 2. The monoisotopic (exact) mass is 493 g/mol. The molecule has 0 fully saturated rings. The van der Waals surface area contributed by atoms with Crippen LogP contribution in [0.5, 0.6) is 17.2 Å². The average molecular weight is 493 g/mol. The first-order chi connectivity index (χ1) is 17.5. The van der Waals surface area contributed by atoms with Crippen molar-refractivity contribution in [1.29, 1.82) is 0 Å². The number of ketones is 1. The molecule has 0 bridgehead atoms. The van der Waals surface area contributed by atoms with E-state index >= 15 is 0 Å². The molecule has 3 N–H and O–H groups in total. The number of ether oxygens (including phenoxy) is 3. The van der Waals surface area contributed by atoms with Crippen molar-refractivity contribution in [2.45, 2.75) is 0 Å². The van der Waals surface area contributed by atoms with E-state index < -0.39 is 17.5 Å². The van der Waals surface area contributed by atoms with Crippen molar-refractivity contribution >= 4 is 22.6 Å². The Kier molecular flexibility index (Phi) is 7.45. The van der Waals surface area contributed by atoms with E-state index in [1.54, 1.807) is 30.5 Å². The fourth-order valence-corrected chi connectivity index (χ4v) is 3.71. The van der Waals surface area contributed by atoms with Crippen LogP contribution in [0.1, 0.15) is 20.8 Å². The zero-order chi connectivity index (χ0) is 25.7. The van der Waals surface area contributed by atoms with Gasteiger partial charge in [0, 0.05) is 22.7 Å². The third-order valence-electron chi connectivity index (χ3n) is 5.47. The second-order valence-corrected chi connectivity index (χ2v) is 7.66. The van der Waals surface area contributed by atoms with Crippen molar-refractivity contribution in [3.05, 3.63) is 71.8 Å². The van der Waals surface area contributed by atoms with Crippen molar-refractivity contribution in [3.63, 3.8) is 0 Å². The number of carbonyl (C=O) groups excluding carboxylic acids is 2. The number of aliphatic hydroxyl groups is 1. The smallest absolute Gasteiger partial charge is 0.251 e. The lowest BCUT2D eigenvalue weighted by atomic mass is 10.1. The molecule has 2 heterocycles. The maximum Gasteiger partial charge on any atom is 0.251 e. The molecule has 36 heavy (non-hydrogen) atoms. The second-order valence-electron chi connectivity index (χ2n) is 7.66. The molecule has 9 nitrogen and oxygen atoms in total. The number of aliphatic hydroxyl groups excluding tert-OH is 1. The van der Waals surface area contributed by atoms with Crippen LogP contribution in [0, 0.1) is 5.82 Å². The number of aromatic nitrogens is 2. The minimum Gasteiger partial charge on any atom is -0.494 e. The number of nitrogens with zero attached hydrogens (tertiary/aromatic N) is 1. The van der Waals surface area contributed by atoms with Crippen molar-refractivity contribution in [2.24, 2.45) is 0 Å². The molecule has 186 valence electrons. The van der Waals surface area contributed by atoms with Gasteiger partial charge in [0.15, 0.2) is 17.3 Å². The summed E-state index contributed by atoms with van der Waals surface area (Å²) in [6.07, 6.45) is 1.61. The Morgan fingerprint density at radius 3 is 2.58 bits per heavy atom. The third kappa shape index (κ3) is 4.98. The van der Waals surface area contributed by atoms with Crippen molar-refractivity contribution < 1.29 is 33.3 Å². The fourth-order valence-electron chi connectivity index (χ4n) is 3.71. The van der Waals surface area contributed by atoms with E-state index in [2.05, 4.69) is 15.3 Å². The van der Waals surface area contributed by atoms with Crippen LogP contribution in [0.2, 0.25) is 0 Å². The summed E-state index contributed by atoms with van der Waals surface area (Å²) in [5.41, 5.74) is 1.65. The molecule has 0 radical (unpaired) electrons. The van der Waals surface area contributed by atoms with Crippen LogP contribution in [0.25, 0.3) is 22.2 Å². The van der Waals surface area contributed by atoms with Crippen molar-refractivity contribution in [3.8, 4) is 28.5 Å². The highest BCUT2D eigenvalue weighted by atomic mass is 19.1. The van der Waals surface area contributed by atoms with Gasteiger partial charge in [-0.05, 0) is 36.4 Å². The molecule has 0 atom stereocenters. The van der Waals surface area contributed by atoms with Gasteiger partial charge in [0.05, 0.1) is 32.9 Å². The first kappa shape index (κ1) is 24.7. The quantitative estimate of drug-likeness (QED) is 0.290. The van der Waals surface area contributed by atoms with E-state index in [1.165, 1.54) is 38.5 Å². The summed E-state index contributed by atoms with van der Waals surface area (Å²) in [4.78, 5) is 32.8. The van der Waals surface area contributed by atoms with Crippen LogP contribution in [0.15, 0.2) is 54.7 Å². The van der Waals surface area contributed by atoms with Gasteiger partial charge in [-0.25, -0.2) is 9.37 Å². The Bertz CT molecular complexity index is 1420. The summed E-state index contributed by atoms with van der Waals surface area (Å²) in [6.45, 7) is -0.377. The number of methoxy groups -OCH3 is 2. The summed E-state index contributed by atoms with van der Waals surface area (Å²) in [6, 6.07) is 12.3. The normalized spacial score (nSPS) is 10.8. The van der Waals surface area contributed by atoms with E-state index in [9.17, 15) is 14.0 Å². The van der Waals surface area contributed by atoms with Gasteiger partial charge in [-0.1, -0.05) is 12.1 Å². The summed E-state index contributed by atoms with van der Waals surface area (Å²) in [5.74, 6) is -0.205. The molecular formula is C26H24FN3O6. The molecule has 10 heteroatoms. The summed E-state index contributed by atoms with van der Waals surface area (Å²) in [7, 11) is 2.91. The van der Waals surface area contributed by atoms with Gasteiger partial charge >= 0.3 is 0 Å². The number of amides is 1. The second kappa shape index (κ2) is 10.9. The molecule has 2 aromatic carbocycles. The Morgan fingerprint density at radius 1 is 1.06 bits per heavy atom. The number of pyridine rings is 1. The zero-order valence-corrected chi connectivity index (χ0v) is 19.6. The van der Waals surface area contributed by atoms with Gasteiger partial charge in [-0.2, -0.15) is 0 Å². The molecule has 1 amide bonds. The number of rotatable bonds is 10. The molecule has 0 saturated heterocycles. The number of hydrogen-bond donors (Lipinski definition) is 3. The Morgan fingerprint density at radius 2 is 1.83 bits per heavy atom. The highest BCUT2D eigenvalue weighted by Gasteiger charge is 2.19. The molecule has 4 rings (SSSR count). The number of hydrogen-bond acceptors (Lipinski definition) is 7. The maximum absolute atomic E-state index is 14.1. The minimum absolute atomic E-state index is 0.0841. The van der Waals surface area contributed by atoms with Gasteiger partial charge in [-0.3, -0.25) is 9.59 Å². The van der Waals surface area contributed by atoms with Gasteiger partial charge in [0.1, 0.15) is 29.6 Å². The molecule has 0 aliphatic heterocycles. The lowest BCUT2D eigenvalue weighted by Crippen LogP contribution is -2.30. The number of halogens is 1. The Labute approximate surface area is 205 Å².